The van der Waals surface area contributed by atoms with E-state index in [0.717, 1.165) is 0 Å². The number of hydrogen-bond donors (Lipinski definition) is 1. The number of alkyl halides is 3. The van der Waals surface area contributed by atoms with E-state index >= 15 is 0 Å². The summed E-state index contributed by atoms with van der Waals surface area (Å²) in [5.41, 5.74) is 6.73. The van der Waals surface area contributed by atoms with Gasteiger partial charge in [0.15, 0.2) is 0 Å². The number of carbonyl (C=O) groups excluding carboxylic acids is 1. The number of rotatable bonds is 3. The van der Waals surface area contributed by atoms with Gasteiger partial charge in [-0.3, -0.25) is 4.79 Å². The van der Waals surface area contributed by atoms with E-state index in [4.69, 9.17) is 5.73 Å². The van der Waals surface area contributed by atoms with Crippen molar-refractivity contribution in [1.29, 1.82) is 0 Å². The highest BCUT2D eigenvalue weighted by atomic mass is 32.1. The fraction of sp³-hybridized carbons (Fsp3) is 0.0556. The highest BCUT2D eigenvalue weighted by Crippen LogP contribution is 2.43. The first-order chi connectivity index (χ1) is 11.4. The van der Waals surface area contributed by atoms with E-state index in [1.54, 1.807) is 42.5 Å². The van der Waals surface area contributed by atoms with Crippen LogP contribution in [-0.4, -0.2) is 5.78 Å². The van der Waals surface area contributed by atoms with Crippen LogP contribution in [0.2, 0.25) is 0 Å². The van der Waals surface area contributed by atoms with Gasteiger partial charge in [0.1, 0.15) is 4.88 Å². The molecule has 0 aliphatic carbocycles. The summed E-state index contributed by atoms with van der Waals surface area (Å²) >= 11 is 0.455. The molecule has 0 aliphatic heterocycles. The molecule has 3 rings (SSSR count). The van der Waals surface area contributed by atoms with E-state index in [9.17, 15) is 18.0 Å². The normalized spacial score (nSPS) is 11.5. The molecule has 0 fully saturated rings. The molecule has 0 unspecified atom stereocenters. The van der Waals surface area contributed by atoms with Crippen LogP contribution in [0, 0.1) is 0 Å². The van der Waals surface area contributed by atoms with Gasteiger partial charge >= 0.3 is 6.18 Å². The lowest BCUT2D eigenvalue weighted by atomic mass is 10.0. The number of nitrogen functional groups attached to an aromatic ring is 1. The molecule has 3 aromatic rings. The number of nitrogens with two attached hydrogens (primary N) is 1. The lowest BCUT2D eigenvalue weighted by Crippen LogP contribution is -2.03. The van der Waals surface area contributed by atoms with Crippen LogP contribution in [-0.2, 0) is 6.18 Å². The molecule has 0 atom stereocenters. The predicted octanol–water partition coefficient (Wildman–Crippen LogP) is 5.25. The minimum Gasteiger partial charge on any atom is -0.399 e. The van der Waals surface area contributed by atoms with Gasteiger partial charge in [0, 0.05) is 16.8 Å². The summed E-state index contributed by atoms with van der Waals surface area (Å²) < 4.78 is 40.1. The van der Waals surface area contributed by atoms with Gasteiger partial charge < -0.3 is 5.73 Å². The van der Waals surface area contributed by atoms with Crippen LogP contribution in [0.5, 0.6) is 0 Å². The first-order valence-corrected chi connectivity index (χ1v) is 7.84. The number of carbonyl (C=O) groups is 1. The third kappa shape index (κ3) is 3.19. The van der Waals surface area contributed by atoms with Gasteiger partial charge in [-0.15, -0.1) is 11.3 Å². The van der Waals surface area contributed by atoms with Crippen molar-refractivity contribution in [3.05, 3.63) is 76.0 Å². The fourth-order valence-electron chi connectivity index (χ4n) is 2.37. The molecule has 2 N–H and O–H groups in total. The van der Waals surface area contributed by atoms with Crippen molar-refractivity contribution in [2.75, 3.05) is 5.73 Å². The van der Waals surface area contributed by atoms with Gasteiger partial charge in [0.25, 0.3) is 0 Å². The van der Waals surface area contributed by atoms with E-state index in [2.05, 4.69) is 0 Å². The number of hydrogen-bond acceptors (Lipinski definition) is 3. The highest BCUT2D eigenvalue weighted by molar-refractivity contribution is 7.14. The Bertz CT molecular complexity index is 885. The van der Waals surface area contributed by atoms with Crippen LogP contribution in [0.4, 0.5) is 18.9 Å². The van der Waals surface area contributed by atoms with E-state index < -0.39 is 16.8 Å². The van der Waals surface area contributed by atoms with Crippen molar-refractivity contribution in [1.82, 2.24) is 0 Å². The first-order valence-electron chi connectivity index (χ1n) is 7.03. The summed E-state index contributed by atoms with van der Waals surface area (Å²) in [5, 5.41) is 0. The van der Waals surface area contributed by atoms with Crippen molar-refractivity contribution < 1.29 is 18.0 Å². The largest absolute Gasteiger partial charge is 0.426 e. The minimum absolute atomic E-state index is 0.0142. The smallest absolute Gasteiger partial charge is 0.399 e. The molecule has 0 aliphatic rings. The Morgan fingerprint density at radius 1 is 0.958 bits per heavy atom. The Morgan fingerprint density at radius 3 is 2.29 bits per heavy atom. The van der Waals surface area contributed by atoms with Crippen molar-refractivity contribution in [2.24, 2.45) is 0 Å². The zero-order chi connectivity index (χ0) is 17.3. The first kappa shape index (κ1) is 16.3. The van der Waals surface area contributed by atoms with E-state index in [1.165, 1.54) is 18.2 Å². The Labute approximate surface area is 140 Å². The fourth-order valence-corrected chi connectivity index (χ4v) is 3.38. The maximum absolute atomic E-state index is 13.4. The predicted molar refractivity (Wildman–Crippen MR) is 89.0 cm³/mol. The lowest BCUT2D eigenvalue weighted by molar-refractivity contribution is -0.133. The Kier molecular flexibility index (Phi) is 4.15. The Hall–Kier alpha value is -2.60. The number of halogens is 3. The molecule has 0 saturated carbocycles. The van der Waals surface area contributed by atoms with Crippen molar-refractivity contribution in [2.45, 2.75) is 6.18 Å². The molecule has 1 aromatic heterocycles. The Balaban J connectivity index is 2.11. The number of thiophene rings is 1. The zero-order valence-electron chi connectivity index (χ0n) is 12.3. The van der Waals surface area contributed by atoms with Crippen molar-refractivity contribution >= 4 is 22.8 Å². The van der Waals surface area contributed by atoms with Gasteiger partial charge in [-0.25, -0.2) is 0 Å². The standard InChI is InChI=1S/C18H12F3NOS/c19-18(20,21)17-14(11-5-2-1-3-6-11)10-15(24-17)16(23)12-7-4-8-13(22)9-12/h1-10H,22H2. The monoisotopic (exact) mass is 347 g/mol. The number of ketones is 1. The summed E-state index contributed by atoms with van der Waals surface area (Å²) in [6, 6.07) is 15.7. The van der Waals surface area contributed by atoms with Crippen LogP contribution >= 0.6 is 11.3 Å². The van der Waals surface area contributed by atoms with E-state index in [1.807, 2.05) is 0 Å². The van der Waals surface area contributed by atoms with Gasteiger partial charge in [-0.1, -0.05) is 42.5 Å². The quantitative estimate of drug-likeness (QED) is 0.520. The van der Waals surface area contributed by atoms with Gasteiger partial charge in [-0.05, 0) is 23.8 Å². The summed E-state index contributed by atoms with van der Waals surface area (Å²) in [4.78, 5) is 11.8. The summed E-state index contributed by atoms with van der Waals surface area (Å²) in [5.74, 6) is -0.472. The highest BCUT2D eigenvalue weighted by Gasteiger charge is 2.37. The second-order valence-corrected chi connectivity index (χ2v) is 6.22. The molecule has 1 heterocycles. The maximum Gasteiger partial charge on any atom is 0.426 e. The molecule has 0 amide bonds. The molecule has 2 nitrogen and oxygen atoms in total. The lowest BCUT2D eigenvalue weighted by Gasteiger charge is -2.07. The number of anilines is 1. The van der Waals surface area contributed by atoms with Gasteiger partial charge in [-0.2, -0.15) is 13.2 Å². The second-order valence-electron chi connectivity index (χ2n) is 5.17. The molecule has 122 valence electrons. The number of benzene rings is 2. The van der Waals surface area contributed by atoms with Gasteiger partial charge in [0.05, 0.1) is 4.88 Å². The van der Waals surface area contributed by atoms with Crippen LogP contribution in [0.15, 0.2) is 60.7 Å². The van der Waals surface area contributed by atoms with Crippen LogP contribution in [0.1, 0.15) is 20.1 Å². The summed E-state index contributed by atoms with van der Waals surface area (Å²) in [7, 11) is 0. The second kappa shape index (κ2) is 6.13. The maximum atomic E-state index is 13.4. The molecule has 0 saturated heterocycles. The molecular formula is C18H12F3NOS. The minimum atomic E-state index is -4.52. The Morgan fingerprint density at radius 2 is 1.67 bits per heavy atom. The average Bonchev–Trinajstić information content (AvgIpc) is 3.00. The van der Waals surface area contributed by atoms with Crippen LogP contribution in [0.25, 0.3) is 11.1 Å². The topological polar surface area (TPSA) is 43.1 Å². The summed E-state index contributed by atoms with van der Waals surface area (Å²) in [6.07, 6.45) is -4.52. The van der Waals surface area contributed by atoms with E-state index in [0.29, 0.717) is 22.6 Å². The molecular weight excluding hydrogens is 335 g/mol. The molecule has 24 heavy (non-hydrogen) atoms. The molecule has 0 bridgehead atoms. The van der Waals surface area contributed by atoms with E-state index in [-0.39, 0.29) is 16.0 Å². The molecule has 2 aromatic carbocycles. The third-order valence-electron chi connectivity index (χ3n) is 3.45. The SMILES string of the molecule is Nc1cccc(C(=O)c2cc(-c3ccccc3)c(C(F)(F)F)s2)c1. The van der Waals surface area contributed by atoms with Gasteiger partial charge in [0.2, 0.25) is 5.78 Å². The summed E-state index contributed by atoms with van der Waals surface area (Å²) in [6.45, 7) is 0. The van der Waals surface area contributed by atoms with Crippen LogP contribution in [0.3, 0.4) is 0 Å². The average molecular weight is 347 g/mol. The molecule has 0 radical (unpaired) electrons. The molecule has 6 heteroatoms. The van der Waals surface area contributed by atoms with Crippen LogP contribution < -0.4 is 5.73 Å². The molecule has 0 spiro atoms. The van der Waals surface area contributed by atoms with Crippen molar-refractivity contribution in [3.63, 3.8) is 0 Å². The zero-order valence-corrected chi connectivity index (χ0v) is 13.1. The third-order valence-corrected chi connectivity index (χ3v) is 4.63. The van der Waals surface area contributed by atoms with Crippen molar-refractivity contribution in [3.8, 4) is 11.1 Å².